The lowest BCUT2D eigenvalue weighted by atomic mass is 10.2. The van der Waals surface area contributed by atoms with E-state index in [-0.39, 0.29) is 5.91 Å². The van der Waals surface area contributed by atoms with Gasteiger partial charge in [0.2, 0.25) is 0 Å². The zero-order valence-electron chi connectivity index (χ0n) is 14.7. The molecule has 3 heterocycles. The minimum absolute atomic E-state index is 0.0656. The number of aromatic nitrogens is 2. The highest BCUT2D eigenvalue weighted by atomic mass is 79.9. The number of carbonyl (C=O) groups excluding carboxylic acids is 1. The Kier molecular flexibility index (Phi) is 6.13. The van der Waals surface area contributed by atoms with E-state index in [1.165, 1.54) is 25.7 Å². The second-order valence-corrected chi connectivity index (χ2v) is 7.35. The van der Waals surface area contributed by atoms with Crippen molar-refractivity contribution in [2.75, 3.05) is 18.0 Å². The molecule has 0 radical (unpaired) electrons. The van der Waals surface area contributed by atoms with Crippen molar-refractivity contribution < 1.29 is 4.79 Å². The van der Waals surface area contributed by atoms with Gasteiger partial charge in [0.25, 0.3) is 5.91 Å². The van der Waals surface area contributed by atoms with E-state index in [1.54, 1.807) is 0 Å². The molecule has 2 aromatic rings. The summed E-state index contributed by atoms with van der Waals surface area (Å²) >= 11 is 3.42. The number of hydrogen-bond acceptors (Lipinski definition) is 3. The van der Waals surface area contributed by atoms with E-state index in [1.807, 2.05) is 30.0 Å². The minimum atomic E-state index is -0.0656. The third-order valence-corrected chi connectivity index (χ3v) is 5.06. The molecule has 0 aromatic carbocycles. The molecule has 0 unspecified atom stereocenters. The van der Waals surface area contributed by atoms with Crippen LogP contribution in [0.4, 0.5) is 5.82 Å². The fourth-order valence-corrected chi connectivity index (χ4v) is 3.67. The highest BCUT2D eigenvalue weighted by Gasteiger charge is 2.13. The molecule has 0 bridgehead atoms. The largest absolute Gasteiger partial charge is 0.357 e. The zero-order chi connectivity index (χ0) is 17.6. The molecule has 1 saturated heterocycles. The fraction of sp³-hybridized carbons (Fsp3) is 0.474. The van der Waals surface area contributed by atoms with Crippen LogP contribution in [0.3, 0.4) is 0 Å². The van der Waals surface area contributed by atoms with Crippen molar-refractivity contribution in [3.05, 3.63) is 46.3 Å². The molecule has 134 valence electrons. The van der Waals surface area contributed by atoms with Crippen LogP contribution in [0.15, 0.2) is 35.1 Å². The van der Waals surface area contributed by atoms with Gasteiger partial charge in [0.15, 0.2) is 0 Å². The Labute approximate surface area is 157 Å². The van der Waals surface area contributed by atoms with Crippen LogP contribution < -0.4 is 10.2 Å². The Balaban J connectivity index is 1.58. The molecule has 0 saturated carbocycles. The number of nitrogens with one attached hydrogen (secondary N) is 1. The maximum Gasteiger partial charge on any atom is 0.268 e. The van der Waals surface area contributed by atoms with Crippen molar-refractivity contribution >= 4 is 27.7 Å². The molecule has 1 amide bonds. The van der Waals surface area contributed by atoms with Gasteiger partial charge in [0.05, 0.1) is 0 Å². The lowest BCUT2D eigenvalue weighted by Crippen LogP contribution is -2.26. The summed E-state index contributed by atoms with van der Waals surface area (Å²) in [6.07, 6.45) is 8.91. The molecular weight excluding hydrogens is 380 g/mol. The lowest BCUT2D eigenvalue weighted by molar-refractivity contribution is 0.0941. The third-order valence-electron chi connectivity index (χ3n) is 4.63. The predicted octanol–water partition coefficient (Wildman–Crippen LogP) is 3.98. The number of rotatable bonds is 5. The van der Waals surface area contributed by atoms with Gasteiger partial charge in [-0.3, -0.25) is 4.79 Å². The van der Waals surface area contributed by atoms with Crippen LogP contribution in [0.1, 0.15) is 48.7 Å². The zero-order valence-corrected chi connectivity index (χ0v) is 16.3. The Morgan fingerprint density at radius 3 is 2.64 bits per heavy atom. The van der Waals surface area contributed by atoms with Gasteiger partial charge in [-0.1, -0.05) is 18.9 Å². The molecule has 1 N–H and O–H groups in total. The second kappa shape index (κ2) is 8.52. The van der Waals surface area contributed by atoms with Crippen molar-refractivity contribution in [2.45, 2.75) is 45.7 Å². The van der Waals surface area contributed by atoms with Gasteiger partial charge in [-0.15, -0.1) is 0 Å². The first-order chi connectivity index (χ1) is 12.2. The summed E-state index contributed by atoms with van der Waals surface area (Å²) in [6, 6.07) is 5.97. The average molecular weight is 405 g/mol. The quantitative estimate of drug-likeness (QED) is 0.819. The smallest absolute Gasteiger partial charge is 0.268 e. The highest BCUT2D eigenvalue weighted by Crippen LogP contribution is 2.18. The van der Waals surface area contributed by atoms with Crippen LogP contribution in [0.25, 0.3) is 0 Å². The summed E-state index contributed by atoms with van der Waals surface area (Å²) in [7, 11) is 0. The van der Waals surface area contributed by atoms with Crippen LogP contribution in [0.5, 0.6) is 0 Å². The topological polar surface area (TPSA) is 50.2 Å². The van der Waals surface area contributed by atoms with Gasteiger partial charge in [-0.05, 0) is 53.4 Å². The maximum absolute atomic E-state index is 12.4. The second-order valence-electron chi connectivity index (χ2n) is 6.44. The van der Waals surface area contributed by atoms with Crippen LogP contribution in [0, 0.1) is 0 Å². The number of nitrogens with zero attached hydrogens (tertiary/aromatic N) is 3. The molecular formula is C19H25BrN4O. The Morgan fingerprint density at radius 2 is 2.00 bits per heavy atom. The Morgan fingerprint density at radius 1 is 1.24 bits per heavy atom. The number of anilines is 1. The van der Waals surface area contributed by atoms with Gasteiger partial charge >= 0.3 is 0 Å². The minimum Gasteiger partial charge on any atom is -0.357 e. The van der Waals surface area contributed by atoms with E-state index in [2.05, 4.69) is 43.3 Å². The van der Waals surface area contributed by atoms with Gasteiger partial charge in [-0.2, -0.15) is 0 Å². The summed E-state index contributed by atoms with van der Waals surface area (Å²) in [4.78, 5) is 19.3. The fourth-order valence-electron chi connectivity index (χ4n) is 3.21. The Hall–Kier alpha value is -1.82. The summed E-state index contributed by atoms with van der Waals surface area (Å²) in [6.45, 7) is 5.45. The number of amides is 1. The molecule has 1 aliphatic heterocycles. The first-order valence-electron chi connectivity index (χ1n) is 9.01. The van der Waals surface area contributed by atoms with Crippen LogP contribution in [0.2, 0.25) is 0 Å². The van der Waals surface area contributed by atoms with Crippen LogP contribution in [-0.2, 0) is 13.1 Å². The van der Waals surface area contributed by atoms with Gasteiger partial charge < -0.3 is 14.8 Å². The van der Waals surface area contributed by atoms with Crippen molar-refractivity contribution in [1.82, 2.24) is 14.9 Å². The number of hydrogen-bond donors (Lipinski definition) is 1. The molecule has 1 fully saturated rings. The molecule has 3 rings (SSSR count). The molecule has 0 aliphatic carbocycles. The van der Waals surface area contributed by atoms with Crippen LogP contribution in [-0.4, -0.2) is 28.5 Å². The van der Waals surface area contributed by atoms with Gasteiger partial charge in [0, 0.05) is 43.0 Å². The van der Waals surface area contributed by atoms with E-state index in [4.69, 9.17) is 0 Å². The first-order valence-corrected chi connectivity index (χ1v) is 9.80. The molecule has 2 aromatic heterocycles. The molecule has 25 heavy (non-hydrogen) atoms. The molecule has 0 atom stereocenters. The molecule has 1 aliphatic rings. The number of halogens is 1. The normalized spacial score (nSPS) is 15.0. The molecule has 5 nitrogen and oxygen atoms in total. The third kappa shape index (κ3) is 4.63. The standard InChI is InChI=1S/C19H25BrN4O/c1-2-23-14-16(20)11-17(23)19(25)22-13-15-7-8-18(21-12-15)24-9-5-3-4-6-10-24/h7-8,11-12,14H,2-6,9-10,13H2,1H3,(H,22,25). The number of aryl methyl sites for hydroxylation is 1. The summed E-state index contributed by atoms with van der Waals surface area (Å²) in [5.74, 6) is 0.977. The monoisotopic (exact) mass is 404 g/mol. The van der Waals surface area contributed by atoms with Gasteiger partial charge in [0.1, 0.15) is 11.5 Å². The van der Waals surface area contributed by atoms with Crippen LogP contribution >= 0.6 is 15.9 Å². The number of carbonyl (C=O) groups is 1. The van der Waals surface area contributed by atoms with Crippen molar-refractivity contribution in [3.63, 3.8) is 0 Å². The molecule has 0 spiro atoms. The van der Waals surface area contributed by atoms with Crippen molar-refractivity contribution in [2.24, 2.45) is 0 Å². The SMILES string of the molecule is CCn1cc(Br)cc1C(=O)NCc1ccc(N2CCCCCC2)nc1. The predicted molar refractivity (Wildman–Crippen MR) is 104 cm³/mol. The summed E-state index contributed by atoms with van der Waals surface area (Å²) < 4.78 is 2.85. The highest BCUT2D eigenvalue weighted by molar-refractivity contribution is 9.10. The van der Waals surface area contributed by atoms with E-state index in [9.17, 15) is 4.79 Å². The lowest BCUT2D eigenvalue weighted by Gasteiger charge is -2.21. The van der Waals surface area contributed by atoms with Crippen molar-refractivity contribution in [3.8, 4) is 0 Å². The van der Waals surface area contributed by atoms with Gasteiger partial charge in [-0.25, -0.2) is 4.98 Å². The summed E-state index contributed by atoms with van der Waals surface area (Å²) in [5, 5.41) is 2.98. The van der Waals surface area contributed by atoms with E-state index in [0.717, 1.165) is 35.5 Å². The average Bonchev–Trinajstić information content (AvgIpc) is 2.84. The van der Waals surface area contributed by atoms with E-state index < -0.39 is 0 Å². The number of pyridine rings is 1. The maximum atomic E-state index is 12.4. The van der Waals surface area contributed by atoms with Crippen molar-refractivity contribution in [1.29, 1.82) is 0 Å². The molecule has 6 heteroatoms. The Bertz CT molecular complexity index is 703. The summed E-state index contributed by atoms with van der Waals surface area (Å²) in [5.41, 5.74) is 1.68. The van der Waals surface area contributed by atoms with E-state index in [0.29, 0.717) is 12.2 Å². The first kappa shape index (κ1) is 18.0. The van der Waals surface area contributed by atoms with E-state index >= 15 is 0 Å².